The van der Waals surface area contributed by atoms with Crippen molar-refractivity contribution in [2.75, 3.05) is 13.7 Å². The van der Waals surface area contributed by atoms with Gasteiger partial charge >= 0.3 is 0 Å². The Hall–Kier alpha value is -0.0800. The van der Waals surface area contributed by atoms with Gasteiger partial charge in [0.2, 0.25) is 0 Å². The molecule has 2 atom stereocenters. The molecule has 2 heteroatoms. The SMILES string of the molecule is CCOC(C1CC1)C(CC(CC)CC)NC. The fourth-order valence-electron chi connectivity index (χ4n) is 2.60. The van der Waals surface area contributed by atoms with Crippen molar-refractivity contribution >= 4 is 0 Å². The van der Waals surface area contributed by atoms with Crippen molar-refractivity contribution in [3.63, 3.8) is 0 Å². The molecule has 0 aromatic heterocycles. The Balaban J connectivity index is 2.48. The zero-order chi connectivity index (χ0) is 12.0. The minimum atomic E-state index is 0.454. The Morgan fingerprint density at radius 2 is 1.81 bits per heavy atom. The molecule has 0 spiro atoms. The van der Waals surface area contributed by atoms with Gasteiger partial charge < -0.3 is 10.1 Å². The van der Waals surface area contributed by atoms with E-state index in [0.29, 0.717) is 12.1 Å². The molecule has 1 rings (SSSR count). The van der Waals surface area contributed by atoms with E-state index in [0.717, 1.165) is 18.4 Å². The lowest BCUT2D eigenvalue weighted by Gasteiger charge is -2.29. The van der Waals surface area contributed by atoms with E-state index in [2.05, 4.69) is 33.1 Å². The van der Waals surface area contributed by atoms with Crippen LogP contribution in [0.3, 0.4) is 0 Å². The van der Waals surface area contributed by atoms with Crippen molar-refractivity contribution in [3.05, 3.63) is 0 Å². The fourth-order valence-corrected chi connectivity index (χ4v) is 2.60. The van der Waals surface area contributed by atoms with E-state index in [1.807, 2.05) is 0 Å². The van der Waals surface area contributed by atoms with Crippen molar-refractivity contribution in [1.82, 2.24) is 5.32 Å². The van der Waals surface area contributed by atoms with Crippen LogP contribution in [0.5, 0.6) is 0 Å². The molecule has 0 aromatic carbocycles. The van der Waals surface area contributed by atoms with Crippen molar-refractivity contribution < 1.29 is 4.74 Å². The molecule has 0 aliphatic heterocycles. The molecule has 1 saturated carbocycles. The summed E-state index contributed by atoms with van der Waals surface area (Å²) in [5.74, 6) is 1.67. The van der Waals surface area contributed by atoms with Gasteiger partial charge in [0.1, 0.15) is 0 Å². The van der Waals surface area contributed by atoms with Gasteiger partial charge in [-0.25, -0.2) is 0 Å². The maximum Gasteiger partial charge on any atom is 0.0755 e. The van der Waals surface area contributed by atoms with Crippen molar-refractivity contribution in [2.45, 2.75) is 65.0 Å². The molecule has 0 heterocycles. The molecule has 0 bridgehead atoms. The van der Waals surface area contributed by atoms with Crippen LogP contribution in [0.15, 0.2) is 0 Å². The molecule has 1 N–H and O–H groups in total. The summed E-state index contributed by atoms with van der Waals surface area (Å²) in [7, 11) is 2.08. The smallest absolute Gasteiger partial charge is 0.0755 e. The van der Waals surface area contributed by atoms with Crippen LogP contribution in [0.25, 0.3) is 0 Å². The summed E-state index contributed by atoms with van der Waals surface area (Å²) in [4.78, 5) is 0. The van der Waals surface area contributed by atoms with Gasteiger partial charge in [0, 0.05) is 12.6 Å². The van der Waals surface area contributed by atoms with Gasteiger partial charge in [-0.05, 0) is 45.1 Å². The minimum Gasteiger partial charge on any atom is -0.377 e. The summed E-state index contributed by atoms with van der Waals surface area (Å²) in [6, 6.07) is 0.553. The maximum absolute atomic E-state index is 5.95. The topological polar surface area (TPSA) is 21.3 Å². The van der Waals surface area contributed by atoms with Gasteiger partial charge in [0.25, 0.3) is 0 Å². The van der Waals surface area contributed by atoms with E-state index in [4.69, 9.17) is 4.74 Å². The van der Waals surface area contributed by atoms with Crippen molar-refractivity contribution in [1.29, 1.82) is 0 Å². The lowest BCUT2D eigenvalue weighted by Crippen LogP contribution is -2.42. The average molecular weight is 227 g/mol. The first-order valence-corrected chi connectivity index (χ1v) is 7.05. The third-order valence-electron chi connectivity index (χ3n) is 3.96. The van der Waals surface area contributed by atoms with E-state index in [1.165, 1.54) is 32.1 Å². The summed E-state index contributed by atoms with van der Waals surface area (Å²) in [6.07, 6.45) is 7.04. The predicted molar refractivity (Wildman–Crippen MR) is 69.7 cm³/mol. The molecular formula is C14H29NO. The van der Waals surface area contributed by atoms with Crippen LogP contribution in [0.4, 0.5) is 0 Å². The second-order valence-corrected chi connectivity index (χ2v) is 5.07. The summed E-state index contributed by atoms with van der Waals surface area (Å²) < 4.78 is 5.95. The van der Waals surface area contributed by atoms with E-state index < -0.39 is 0 Å². The Labute approximate surface area is 101 Å². The van der Waals surface area contributed by atoms with Crippen LogP contribution in [0.1, 0.15) is 52.9 Å². The zero-order valence-electron chi connectivity index (χ0n) is 11.5. The molecule has 0 amide bonds. The standard InChI is InChI=1S/C14H29NO/c1-5-11(6-2)10-13(15-4)14(16-7-3)12-8-9-12/h11-15H,5-10H2,1-4H3. The Morgan fingerprint density at radius 1 is 1.19 bits per heavy atom. The van der Waals surface area contributed by atoms with Gasteiger partial charge in [-0.15, -0.1) is 0 Å². The molecule has 2 unspecified atom stereocenters. The quantitative estimate of drug-likeness (QED) is 0.653. The van der Waals surface area contributed by atoms with E-state index in [-0.39, 0.29) is 0 Å². The lowest BCUT2D eigenvalue weighted by atomic mass is 9.90. The van der Waals surface area contributed by atoms with Gasteiger partial charge in [-0.1, -0.05) is 26.7 Å². The molecular weight excluding hydrogens is 198 g/mol. The fraction of sp³-hybridized carbons (Fsp3) is 1.00. The highest BCUT2D eigenvalue weighted by Gasteiger charge is 2.37. The number of hydrogen-bond donors (Lipinski definition) is 1. The van der Waals surface area contributed by atoms with Crippen LogP contribution in [-0.2, 0) is 4.74 Å². The molecule has 1 aliphatic carbocycles. The molecule has 0 aromatic rings. The zero-order valence-corrected chi connectivity index (χ0v) is 11.5. The predicted octanol–water partition coefficient (Wildman–Crippen LogP) is 3.22. The number of nitrogens with one attached hydrogen (secondary N) is 1. The molecule has 1 aliphatic rings. The van der Waals surface area contributed by atoms with Crippen LogP contribution in [0, 0.1) is 11.8 Å². The summed E-state index contributed by atoms with van der Waals surface area (Å²) in [5.41, 5.74) is 0. The van der Waals surface area contributed by atoms with Gasteiger partial charge in [-0.3, -0.25) is 0 Å². The largest absolute Gasteiger partial charge is 0.377 e. The minimum absolute atomic E-state index is 0.454. The number of rotatable bonds is 9. The highest BCUT2D eigenvalue weighted by Crippen LogP contribution is 2.37. The highest BCUT2D eigenvalue weighted by molar-refractivity contribution is 4.90. The van der Waals surface area contributed by atoms with Gasteiger partial charge in [-0.2, -0.15) is 0 Å². The van der Waals surface area contributed by atoms with Crippen molar-refractivity contribution in [2.24, 2.45) is 11.8 Å². The Bertz CT molecular complexity index is 176. The number of hydrogen-bond acceptors (Lipinski definition) is 2. The number of likely N-dealkylation sites (N-methyl/N-ethyl adjacent to an activating group) is 1. The Kier molecular flexibility index (Phi) is 6.37. The third kappa shape index (κ3) is 4.06. The van der Waals surface area contributed by atoms with Crippen LogP contribution in [-0.4, -0.2) is 25.8 Å². The second-order valence-electron chi connectivity index (χ2n) is 5.07. The first-order valence-electron chi connectivity index (χ1n) is 7.05. The Morgan fingerprint density at radius 3 is 2.19 bits per heavy atom. The maximum atomic E-state index is 5.95. The average Bonchev–Trinajstić information content (AvgIpc) is 3.13. The molecule has 96 valence electrons. The summed E-state index contributed by atoms with van der Waals surface area (Å²) >= 11 is 0. The highest BCUT2D eigenvalue weighted by atomic mass is 16.5. The first-order chi connectivity index (χ1) is 7.76. The summed E-state index contributed by atoms with van der Waals surface area (Å²) in [6.45, 7) is 7.56. The van der Waals surface area contributed by atoms with Crippen LogP contribution in [0.2, 0.25) is 0 Å². The van der Waals surface area contributed by atoms with Gasteiger partial charge in [0.05, 0.1) is 6.10 Å². The number of ether oxygens (including phenoxy) is 1. The lowest BCUT2D eigenvalue weighted by molar-refractivity contribution is 0.0144. The van der Waals surface area contributed by atoms with E-state index >= 15 is 0 Å². The molecule has 2 nitrogen and oxygen atoms in total. The first kappa shape index (κ1) is 14.0. The second kappa shape index (κ2) is 7.29. The molecule has 0 saturated heterocycles. The van der Waals surface area contributed by atoms with E-state index in [1.54, 1.807) is 0 Å². The molecule has 0 radical (unpaired) electrons. The monoisotopic (exact) mass is 227 g/mol. The van der Waals surface area contributed by atoms with Crippen LogP contribution < -0.4 is 5.32 Å². The van der Waals surface area contributed by atoms with Crippen molar-refractivity contribution in [3.8, 4) is 0 Å². The third-order valence-corrected chi connectivity index (χ3v) is 3.96. The van der Waals surface area contributed by atoms with E-state index in [9.17, 15) is 0 Å². The van der Waals surface area contributed by atoms with Crippen LogP contribution >= 0.6 is 0 Å². The molecule has 16 heavy (non-hydrogen) atoms. The normalized spacial score (nSPS) is 20.1. The van der Waals surface area contributed by atoms with Gasteiger partial charge in [0.15, 0.2) is 0 Å². The molecule has 1 fully saturated rings. The summed E-state index contributed by atoms with van der Waals surface area (Å²) in [5, 5.41) is 3.48.